The lowest BCUT2D eigenvalue weighted by atomic mass is 10.1. The summed E-state index contributed by atoms with van der Waals surface area (Å²) in [5.41, 5.74) is 0.613. The first-order chi connectivity index (χ1) is 17.8. The molecule has 0 saturated carbocycles. The minimum Gasteiger partial charge on any atom is -0.394 e. The monoisotopic (exact) mass is 543 g/mol. The molecular formula is C25H20Cl2FN5O4. The van der Waals surface area contributed by atoms with Gasteiger partial charge in [-0.2, -0.15) is 5.10 Å². The molecule has 9 nitrogen and oxygen atoms in total. The number of anilines is 1. The van der Waals surface area contributed by atoms with Crippen molar-refractivity contribution in [3.63, 3.8) is 0 Å². The Hall–Kier alpha value is -3.83. The Labute approximate surface area is 220 Å². The van der Waals surface area contributed by atoms with E-state index in [1.807, 2.05) is 0 Å². The number of aliphatic hydroxyl groups is 2. The molecule has 4 rings (SSSR count). The smallest absolute Gasteiger partial charge is 0.271 e. The minimum atomic E-state index is -1.13. The summed E-state index contributed by atoms with van der Waals surface area (Å²) in [5, 5.41) is 28.0. The molecule has 0 spiro atoms. The van der Waals surface area contributed by atoms with Crippen LogP contribution in [-0.4, -0.2) is 56.0 Å². The van der Waals surface area contributed by atoms with Crippen LogP contribution in [0.4, 0.5) is 10.2 Å². The van der Waals surface area contributed by atoms with Crippen LogP contribution >= 0.6 is 23.2 Å². The lowest BCUT2D eigenvalue weighted by Crippen LogP contribution is -2.34. The summed E-state index contributed by atoms with van der Waals surface area (Å²) in [7, 11) is 0. The number of amides is 2. The summed E-state index contributed by atoms with van der Waals surface area (Å²) < 4.78 is 15.7. The Morgan fingerprint density at radius 2 is 1.78 bits per heavy atom. The first-order valence-electron chi connectivity index (χ1n) is 10.9. The standard InChI is InChI=1S/C25H20Cl2FN5O4/c26-18-10-19(27)17(9-16(18)23-20(28)7-4-8-29-23)24(36)31-22-11-21(25(37)30-12-15(35)13-34)32-33(22)14-5-2-1-3-6-14/h1-11,15,34-35H,12-13H2,(H,30,37)(H,31,36)/t15-/m0/s1. The maximum atomic E-state index is 14.4. The number of nitrogens with zero attached hydrogens (tertiary/aromatic N) is 3. The minimum absolute atomic E-state index is 0.0102. The normalized spacial score (nSPS) is 11.7. The highest BCUT2D eigenvalue weighted by Gasteiger charge is 2.21. The van der Waals surface area contributed by atoms with E-state index in [1.54, 1.807) is 30.3 Å². The molecule has 0 fully saturated rings. The van der Waals surface area contributed by atoms with Crippen LogP contribution in [0.5, 0.6) is 0 Å². The number of pyridine rings is 1. The van der Waals surface area contributed by atoms with Gasteiger partial charge >= 0.3 is 0 Å². The van der Waals surface area contributed by atoms with Gasteiger partial charge in [-0.1, -0.05) is 41.4 Å². The lowest BCUT2D eigenvalue weighted by Gasteiger charge is -2.12. The van der Waals surface area contributed by atoms with Crippen molar-refractivity contribution >= 4 is 40.8 Å². The lowest BCUT2D eigenvalue weighted by molar-refractivity contribution is 0.0798. The summed E-state index contributed by atoms with van der Waals surface area (Å²) in [6, 6.07) is 15.4. The highest BCUT2D eigenvalue weighted by Crippen LogP contribution is 2.33. The summed E-state index contributed by atoms with van der Waals surface area (Å²) in [4.78, 5) is 29.9. The molecule has 0 bridgehead atoms. The molecule has 0 unspecified atom stereocenters. The topological polar surface area (TPSA) is 129 Å². The first kappa shape index (κ1) is 26.2. The second kappa shape index (κ2) is 11.5. The number of carbonyl (C=O) groups is 2. The number of carbonyl (C=O) groups excluding carboxylic acids is 2. The molecule has 2 aromatic carbocycles. The number of hydrogen-bond donors (Lipinski definition) is 4. The zero-order valence-corrected chi connectivity index (χ0v) is 20.5. The Balaban J connectivity index is 1.69. The number of aromatic nitrogens is 3. The third kappa shape index (κ3) is 5.95. The van der Waals surface area contributed by atoms with E-state index < -0.39 is 30.3 Å². The van der Waals surface area contributed by atoms with Gasteiger partial charge in [0.2, 0.25) is 0 Å². The predicted octanol–water partition coefficient (Wildman–Crippen LogP) is 3.72. The molecule has 12 heteroatoms. The van der Waals surface area contributed by atoms with Crippen LogP contribution in [0.25, 0.3) is 16.9 Å². The van der Waals surface area contributed by atoms with E-state index in [-0.39, 0.29) is 44.9 Å². The van der Waals surface area contributed by atoms with E-state index in [0.717, 1.165) is 0 Å². The average molecular weight is 544 g/mol. The molecule has 37 heavy (non-hydrogen) atoms. The SMILES string of the molecule is O=C(NC[C@H](O)CO)c1cc(NC(=O)c2cc(-c3ncccc3F)c(Cl)cc2Cl)n(-c2ccccc2)n1. The van der Waals surface area contributed by atoms with E-state index in [0.29, 0.717) is 5.69 Å². The highest BCUT2D eigenvalue weighted by atomic mass is 35.5. The summed E-state index contributed by atoms with van der Waals surface area (Å²) in [5.74, 6) is -1.78. The number of rotatable bonds is 8. The number of hydrogen-bond acceptors (Lipinski definition) is 6. The van der Waals surface area contributed by atoms with Crippen LogP contribution in [0.15, 0.2) is 66.9 Å². The van der Waals surface area contributed by atoms with Gasteiger partial charge in [0.15, 0.2) is 5.69 Å². The molecule has 4 aromatic rings. The molecule has 0 aliphatic heterocycles. The van der Waals surface area contributed by atoms with Crippen LogP contribution in [0.3, 0.4) is 0 Å². The summed E-state index contributed by atoms with van der Waals surface area (Å²) >= 11 is 12.6. The van der Waals surface area contributed by atoms with E-state index in [1.165, 1.54) is 41.2 Å². The summed E-state index contributed by atoms with van der Waals surface area (Å²) in [6.07, 6.45) is 0.262. The number of nitrogens with one attached hydrogen (secondary N) is 2. The van der Waals surface area contributed by atoms with Crippen molar-refractivity contribution in [2.75, 3.05) is 18.5 Å². The average Bonchev–Trinajstić information content (AvgIpc) is 3.32. The highest BCUT2D eigenvalue weighted by molar-refractivity contribution is 6.38. The van der Waals surface area contributed by atoms with Crippen LogP contribution in [0.2, 0.25) is 10.0 Å². The van der Waals surface area contributed by atoms with Gasteiger partial charge in [0.05, 0.1) is 34.0 Å². The third-order valence-electron chi connectivity index (χ3n) is 5.21. The van der Waals surface area contributed by atoms with Crippen molar-refractivity contribution in [2.24, 2.45) is 0 Å². The summed E-state index contributed by atoms with van der Waals surface area (Å²) in [6.45, 7) is -0.714. The molecule has 4 N–H and O–H groups in total. The van der Waals surface area contributed by atoms with Crippen molar-refractivity contribution in [3.05, 3.63) is 94.0 Å². The Morgan fingerprint density at radius 3 is 2.49 bits per heavy atom. The molecular weight excluding hydrogens is 524 g/mol. The fraction of sp³-hybridized carbons (Fsp3) is 0.120. The molecule has 190 valence electrons. The maximum absolute atomic E-state index is 14.4. The van der Waals surface area contributed by atoms with E-state index in [9.17, 15) is 19.1 Å². The van der Waals surface area contributed by atoms with Gasteiger partial charge < -0.3 is 20.8 Å². The van der Waals surface area contributed by atoms with Gasteiger partial charge in [-0.05, 0) is 36.4 Å². The van der Waals surface area contributed by atoms with E-state index in [4.69, 9.17) is 28.3 Å². The van der Waals surface area contributed by atoms with E-state index >= 15 is 0 Å². The number of benzene rings is 2. The van der Waals surface area contributed by atoms with Crippen molar-refractivity contribution in [1.29, 1.82) is 0 Å². The van der Waals surface area contributed by atoms with Crippen molar-refractivity contribution in [1.82, 2.24) is 20.1 Å². The third-order valence-corrected chi connectivity index (χ3v) is 5.83. The second-order valence-electron chi connectivity index (χ2n) is 7.81. The van der Waals surface area contributed by atoms with Gasteiger partial charge in [-0.15, -0.1) is 0 Å². The number of halogens is 3. The molecule has 0 radical (unpaired) electrons. The van der Waals surface area contributed by atoms with Gasteiger partial charge in [0.1, 0.15) is 17.3 Å². The van der Waals surface area contributed by atoms with Crippen LogP contribution < -0.4 is 10.6 Å². The molecule has 2 aromatic heterocycles. The predicted molar refractivity (Wildman–Crippen MR) is 137 cm³/mol. The van der Waals surface area contributed by atoms with Crippen LogP contribution in [0.1, 0.15) is 20.8 Å². The number of para-hydroxylation sites is 1. The molecule has 2 heterocycles. The quantitative estimate of drug-likeness (QED) is 0.268. The zero-order valence-electron chi connectivity index (χ0n) is 19.0. The fourth-order valence-electron chi connectivity index (χ4n) is 3.38. The van der Waals surface area contributed by atoms with Crippen molar-refractivity contribution in [3.8, 4) is 16.9 Å². The Morgan fingerprint density at radius 1 is 1.03 bits per heavy atom. The van der Waals surface area contributed by atoms with Gasteiger partial charge in [0, 0.05) is 24.4 Å². The second-order valence-corrected chi connectivity index (χ2v) is 8.62. The largest absolute Gasteiger partial charge is 0.394 e. The number of aliphatic hydroxyl groups excluding tert-OH is 2. The van der Waals surface area contributed by atoms with Gasteiger partial charge in [0.25, 0.3) is 11.8 Å². The van der Waals surface area contributed by atoms with Crippen LogP contribution in [-0.2, 0) is 0 Å². The fourth-order valence-corrected chi connectivity index (χ4v) is 3.94. The van der Waals surface area contributed by atoms with E-state index in [2.05, 4.69) is 20.7 Å². The van der Waals surface area contributed by atoms with Crippen molar-refractivity contribution < 1.29 is 24.2 Å². The zero-order chi connectivity index (χ0) is 26.5. The Bertz CT molecular complexity index is 1450. The molecule has 0 saturated heterocycles. The van der Waals surface area contributed by atoms with Crippen LogP contribution in [0, 0.1) is 5.82 Å². The molecule has 2 amide bonds. The maximum Gasteiger partial charge on any atom is 0.271 e. The Kier molecular flexibility index (Phi) is 8.14. The van der Waals surface area contributed by atoms with Gasteiger partial charge in [-0.25, -0.2) is 9.07 Å². The molecule has 0 aliphatic rings. The first-order valence-corrected chi connectivity index (χ1v) is 11.7. The van der Waals surface area contributed by atoms with Gasteiger partial charge in [-0.3, -0.25) is 14.6 Å². The molecule has 0 aliphatic carbocycles. The molecule has 1 atom stereocenters. The van der Waals surface area contributed by atoms with Crippen molar-refractivity contribution in [2.45, 2.75) is 6.10 Å².